The maximum atomic E-state index is 13.2. The van der Waals surface area contributed by atoms with E-state index >= 15 is 0 Å². The fraction of sp³-hybridized carbons (Fsp3) is 0.200. The predicted molar refractivity (Wildman–Crippen MR) is 126 cm³/mol. The number of ether oxygens (including phenoxy) is 1. The first-order chi connectivity index (χ1) is 16.6. The van der Waals surface area contributed by atoms with Crippen molar-refractivity contribution in [1.82, 2.24) is 10.3 Å². The van der Waals surface area contributed by atoms with E-state index in [1.807, 2.05) is 13.0 Å². The number of hydrogen-bond donors (Lipinski definition) is 2. The number of rotatable bonds is 6. The van der Waals surface area contributed by atoms with E-state index in [9.17, 15) is 18.0 Å². The molecule has 0 unspecified atom stereocenters. The Morgan fingerprint density at radius 1 is 1.17 bits per heavy atom. The fourth-order valence-corrected chi connectivity index (χ4v) is 3.99. The lowest BCUT2D eigenvalue weighted by Gasteiger charge is -2.11. The minimum absolute atomic E-state index is 0.0229. The lowest BCUT2D eigenvalue weighted by molar-refractivity contribution is -0.140. The second-order valence-corrected chi connectivity index (χ2v) is 8.25. The molecule has 0 saturated heterocycles. The third-order valence-electron chi connectivity index (χ3n) is 5.58. The third kappa shape index (κ3) is 4.96. The molecule has 0 fully saturated rings. The van der Waals surface area contributed by atoms with Gasteiger partial charge in [-0.1, -0.05) is 17.7 Å². The quantitative estimate of drug-likeness (QED) is 0.343. The van der Waals surface area contributed by atoms with Gasteiger partial charge >= 0.3 is 6.18 Å². The van der Waals surface area contributed by atoms with Crippen LogP contribution < -0.4 is 15.8 Å². The number of alkyl halides is 3. The van der Waals surface area contributed by atoms with Crippen molar-refractivity contribution in [2.75, 3.05) is 7.11 Å². The summed E-state index contributed by atoms with van der Waals surface area (Å²) >= 11 is 5.99. The molecule has 2 aromatic carbocycles. The normalized spacial score (nSPS) is 11.6. The lowest BCUT2D eigenvalue weighted by Crippen LogP contribution is -2.24. The van der Waals surface area contributed by atoms with Crippen LogP contribution in [0.25, 0.3) is 22.2 Å². The molecule has 10 heteroatoms. The zero-order valence-electron chi connectivity index (χ0n) is 18.8. The van der Waals surface area contributed by atoms with Crippen LogP contribution in [0.15, 0.2) is 52.9 Å². The molecule has 0 spiro atoms. The fourth-order valence-electron chi connectivity index (χ4n) is 3.76. The molecule has 0 aliphatic heterocycles. The predicted octanol–water partition coefficient (Wildman–Crippen LogP) is 5.87. The van der Waals surface area contributed by atoms with E-state index in [2.05, 4.69) is 10.3 Å². The molecule has 182 valence electrons. The minimum atomic E-state index is -4.61. The summed E-state index contributed by atoms with van der Waals surface area (Å²) in [6.45, 7) is 2.11. The molecule has 2 heterocycles. The monoisotopic (exact) mass is 503 g/mol. The van der Waals surface area contributed by atoms with Crippen molar-refractivity contribution >= 4 is 28.4 Å². The maximum Gasteiger partial charge on any atom is 0.433 e. The van der Waals surface area contributed by atoms with Gasteiger partial charge < -0.3 is 20.2 Å². The van der Waals surface area contributed by atoms with Gasteiger partial charge in [0.1, 0.15) is 28.5 Å². The lowest BCUT2D eigenvalue weighted by atomic mass is 10.0. The van der Waals surface area contributed by atoms with Gasteiger partial charge in [0.25, 0.3) is 5.91 Å². The number of hydrogen-bond acceptors (Lipinski definition) is 5. The van der Waals surface area contributed by atoms with Crippen LogP contribution in [-0.4, -0.2) is 18.0 Å². The van der Waals surface area contributed by atoms with Crippen LogP contribution in [0.2, 0.25) is 5.02 Å². The topological polar surface area (TPSA) is 90.4 Å². The van der Waals surface area contributed by atoms with Gasteiger partial charge in [-0.2, -0.15) is 13.2 Å². The summed E-state index contributed by atoms with van der Waals surface area (Å²) in [5, 5.41) is 3.82. The molecule has 1 amide bonds. The molecule has 6 nitrogen and oxygen atoms in total. The number of carbonyl (C=O) groups excluding carboxylic acids is 1. The van der Waals surface area contributed by atoms with Crippen LogP contribution in [0.1, 0.15) is 32.9 Å². The second kappa shape index (κ2) is 9.59. The number of benzene rings is 2. The summed E-state index contributed by atoms with van der Waals surface area (Å²) in [6.07, 6.45) is -4.61. The van der Waals surface area contributed by atoms with Gasteiger partial charge in [0.2, 0.25) is 0 Å². The van der Waals surface area contributed by atoms with Crippen LogP contribution >= 0.6 is 11.6 Å². The molecule has 4 aromatic rings. The van der Waals surface area contributed by atoms with Gasteiger partial charge in [0.15, 0.2) is 0 Å². The van der Waals surface area contributed by atoms with Crippen molar-refractivity contribution in [2.24, 2.45) is 5.73 Å². The molecule has 4 rings (SSSR count). The summed E-state index contributed by atoms with van der Waals surface area (Å²) in [7, 11) is 1.35. The summed E-state index contributed by atoms with van der Waals surface area (Å²) in [5.74, 6) is 0.295. The number of nitrogens with one attached hydrogen (secondary N) is 1. The Hall–Kier alpha value is -3.56. The summed E-state index contributed by atoms with van der Waals surface area (Å²) in [4.78, 5) is 16.7. The molecule has 0 radical (unpaired) electrons. The molecule has 0 saturated carbocycles. The van der Waals surface area contributed by atoms with E-state index in [0.717, 1.165) is 17.2 Å². The number of aryl methyl sites for hydroxylation is 1. The highest BCUT2D eigenvalue weighted by Gasteiger charge is 2.33. The Balaban J connectivity index is 1.70. The summed E-state index contributed by atoms with van der Waals surface area (Å²) in [5.41, 5.74) is 7.30. The number of nitrogens with zero attached hydrogens (tertiary/aromatic N) is 1. The first-order valence-corrected chi connectivity index (χ1v) is 10.9. The average molecular weight is 504 g/mol. The highest BCUT2D eigenvalue weighted by Crippen LogP contribution is 2.38. The Labute approximate surface area is 203 Å². The molecule has 0 aliphatic rings. The Morgan fingerprint density at radius 2 is 1.94 bits per heavy atom. The number of nitrogens with two attached hydrogens (primary N) is 1. The zero-order chi connectivity index (χ0) is 25.3. The zero-order valence-corrected chi connectivity index (χ0v) is 19.6. The molecule has 2 aromatic heterocycles. The first-order valence-electron chi connectivity index (χ1n) is 10.5. The molecule has 35 heavy (non-hydrogen) atoms. The average Bonchev–Trinajstić information content (AvgIpc) is 3.26. The largest absolute Gasteiger partial charge is 0.494 e. The summed E-state index contributed by atoms with van der Waals surface area (Å²) < 4.78 is 50.7. The van der Waals surface area contributed by atoms with Gasteiger partial charge in [-0.15, -0.1) is 0 Å². The number of halogens is 4. The molecule has 0 atom stereocenters. The van der Waals surface area contributed by atoms with Gasteiger partial charge in [-0.3, -0.25) is 4.79 Å². The standard InChI is InChI=1S/C25H21ClF3N3O3/c1-13-9-15(26)4-3-14(13)12-31-24(33)18-10-20(35-21(18)11-30)16-5-7-19(34-2)23-17(16)6-8-22(32-23)25(27,28)29/h3-10H,11-12,30H2,1-2H3,(H,31,33). The number of aromatic nitrogens is 1. The minimum Gasteiger partial charge on any atom is -0.494 e. The van der Waals surface area contributed by atoms with Crippen LogP contribution in [0.4, 0.5) is 13.2 Å². The molecule has 0 bridgehead atoms. The Morgan fingerprint density at radius 3 is 2.60 bits per heavy atom. The first kappa shape index (κ1) is 24.6. The summed E-state index contributed by atoms with van der Waals surface area (Å²) in [6, 6.07) is 12.2. The molecular formula is C25H21ClF3N3O3. The van der Waals surface area contributed by atoms with Crippen molar-refractivity contribution in [2.45, 2.75) is 26.2 Å². The smallest absolute Gasteiger partial charge is 0.433 e. The molecular weight excluding hydrogens is 483 g/mol. The van der Waals surface area contributed by atoms with Gasteiger partial charge in [-0.05, 0) is 60.5 Å². The van der Waals surface area contributed by atoms with E-state index < -0.39 is 17.8 Å². The van der Waals surface area contributed by atoms with Crippen molar-refractivity contribution in [3.63, 3.8) is 0 Å². The number of furan rings is 1. The number of carbonyl (C=O) groups is 1. The van der Waals surface area contributed by atoms with Crippen LogP contribution in [0.5, 0.6) is 5.75 Å². The van der Waals surface area contributed by atoms with Gasteiger partial charge in [0, 0.05) is 22.5 Å². The Kier molecular flexibility index (Phi) is 6.73. The SMILES string of the molecule is COc1ccc(-c2cc(C(=O)NCc3ccc(Cl)cc3C)c(CN)o2)c2ccc(C(F)(F)F)nc12. The van der Waals surface area contributed by atoms with E-state index in [0.29, 0.717) is 16.0 Å². The van der Waals surface area contributed by atoms with Crippen molar-refractivity contribution in [1.29, 1.82) is 0 Å². The van der Waals surface area contributed by atoms with Crippen LogP contribution in [-0.2, 0) is 19.3 Å². The van der Waals surface area contributed by atoms with E-state index in [4.69, 9.17) is 26.5 Å². The third-order valence-corrected chi connectivity index (χ3v) is 5.81. The second-order valence-electron chi connectivity index (χ2n) is 7.81. The number of fused-ring (bicyclic) bond motifs is 1. The Bertz CT molecular complexity index is 1420. The number of amides is 1. The number of methoxy groups -OCH3 is 1. The highest BCUT2D eigenvalue weighted by atomic mass is 35.5. The molecule has 0 aliphatic carbocycles. The molecule has 3 N–H and O–H groups in total. The number of pyridine rings is 1. The van der Waals surface area contributed by atoms with Gasteiger partial charge in [0.05, 0.1) is 19.2 Å². The van der Waals surface area contributed by atoms with Gasteiger partial charge in [-0.25, -0.2) is 4.98 Å². The van der Waals surface area contributed by atoms with Crippen molar-refractivity contribution in [3.05, 3.63) is 81.7 Å². The maximum absolute atomic E-state index is 13.2. The highest BCUT2D eigenvalue weighted by molar-refractivity contribution is 6.30. The van der Waals surface area contributed by atoms with E-state index in [-0.39, 0.29) is 41.4 Å². The van der Waals surface area contributed by atoms with E-state index in [1.165, 1.54) is 25.3 Å². The van der Waals surface area contributed by atoms with Crippen molar-refractivity contribution < 1.29 is 27.1 Å². The van der Waals surface area contributed by atoms with Crippen LogP contribution in [0.3, 0.4) is 0 Å². The van der Waals surface area contributed by atoms with Crippen molar-refractivity contribution in [3.8, 4) is 17.1 Å². The van der Waals surface area contributed by atoms with E-state index in [1.54, 1.807) is 18.2 Å². The van der Waals surface area contributed by atoms with Crippen LogP contribution in [0, 0.1) is 6.92 Å².